The molecule has 0 spiro atoms. The van der Waals surface area contributed by atoms with Crippen LogP contribution in [0.5, 0.6) is 0 Å². The number of hydrogen-bond acceptors (Lipinski definition) is 5. The molecule has 3 rings (SSSR count). The van der Waals surface area contributed by atoms with Gasteiger partial charge < -0.3 is 0 Å². The predicted molar refractivity (Wildman–Crippen MR) is 76.1 cm³/mol. The van der Waals surface area contributed by atoms with Gasteiger partial charge in [-0.05, 0) is 12.5 Å². The third-order valence-corrected chi connectivity index (χ3v) is 3.36. The zero-order valence-electron chi connectivity index (χ0n) is 11.6. The average Bonchev–Trinajstić information content (AvgIpc) is 2.84. The monoisotopic (exact) mass is 283 g/mol. The number of carbonyl (C=O) groups excluding carboxylic acids is 1. The first kappa shape index (κ1) is 13.2. The summed E-state index contributed by atoms with van der Waals surface area (Å²) in [5, 5.41) is 12.1. The number of aromatic nitrogens is 5. The molecule has 0 aliphatic heterocycles. The SMILES string of the molecule is Cc1ccccc1C(=O)Cn1nnc2c(cnn2C)c1=O. The standard InChI is InChI=1S/C14H13N5O2/c1-9-5-3-4-6-10(9)12(20)8-19-14(21)11-7-15-18(2)13(11)16-17-19/h3-7H,8H2,1-2H3. The Kier molecular flexibility index (Phi) is 3.09. The lowest BCUT2D eigenvalue weighted by Crippen LogP contribution is -2.28. The molecule has 0 atom stereocenters. The number of ketones is 1. The number of carbonyl (C=O) groups is 1. The van der Waals surface area contributed by atoms with Crippen molar-refractivity contribution in [3.63, 3.8) is 0 Å². The molecule has 3 aromatic rings. The zero-order chi connectivity index (χ0) is 15.0. The Bertz CT molecular complexity index is 894. The maximum absolute atomic E-state index is 12.3. The van der Waals surface area contributed by atoms with Crippen LogP contribution in [0.2, 0.25) is 0 Å². The molecule has 0 aliphatic rings. The number of fused-ring (bicyclic) bond motifs is 1. The second-order valence-electron chi connectivity index (χ2n) is 4.80. The Morgan fingerprint density at radius 1 is 1.29 bits per heavy atom. The molecular formula is C14H13N5O2. The lowest BCUT2D eigenvalue weighted by atomic mass is 10.1. The normalized spacial score (nSPS) is 11.0. The van der Waals surface area contributed by atoms with Crippen LogP contribution < -0.4 is 5.56 Å². The summed E-state index contributed by atoms with van der Waals surface area (Å²) in [5.74, 6) is -0.173. The van der Waals surface area contributed by atoms with Crippen molar-refractivity contribution < 1.29 is 4.79 Å². The van der Waals surface area contributed by atoms with Gasteiger partial charge in [0.05, 0.1) is 6.20 Å². The van der Waals surface area contributed by atoms with Crippen LogP contribution in [0.15, 0.2) is 35.3 Å². The molecular weight excluding hydrogens is 270 g/mol. The van der Waals surface area contributed by atoms with E-state index >= 15 is 0 Å². The highest BCUT2D eigenvalue weighted by Gasteiger charge is 2.14. The molecule has 106 valence electrons. The van der Waals surface area contributed by atoms with Gasteiger partial charge in [0, 0.05) is 12.6 Å². The van der Waals surface area contributed by atoms with E-state index < -0.39 is 0 Å². The number of benzene rings is 1. The van der Waals surface area contributed by atoms with Gasteiger partial charge in [0.15, 0.2) is 11.4 Å². The molecule has 0 bridgehead atoms. The van der Waals surface area contributed by atoms with Crippen LogP contribution in [0.25, 0.3) is 11.0 Å². The highest BCUT2D eigenvalue weighted by molar-refractivity contribution is 5.97. The van der Waals surface area contributed by atoms with Crippen molar-refractivity contribution in [1.82, 2.24) is 24.8 Å². The van der Waals surface area contributed by atoms with Crippen molar-refractivity contribution >= 4 is 16.8 Å². The van der Waals surface area contributed by atoms with Crippen LogP contribution in [0.4, 0.5) is 0 Å². The van der Waals surface area contributed by atoms with Gasteiger partial charge in [0.25, 0.3) is 5.56 Å². The van der Waals surface area contributed by atoms with Gasteiger partial charge in [-0.2, -0.15) is 5.10 Å². The summed E-state index contributed by atoms with van der Waals surface area (Å²) in [6.45, 7) is 1.72. The summed E-state index contributed by atoms with van der Waals surface area (Å²) in [5.41, 5.74) is 1.48. The van der Waals surface area contributed by atoms with Crippen molar-refractivity contribution in [2.24, 2.45) is 7.05 Å². The van der Waals surface area contributed by atoms with Gasteiger partial charge in [-0.1, -0.05) is 29.5 Å². The van der Waals surface area contributed by atoms with Crippen molar-refractivity contribution in [3.05, 3.63) is 51.9 Å². The molecule has 0 saturated carbocycles. The second-order valence-corrected chi connectivity index (χ2v) is 4.80. The molecule has 2 aromatic heterocycles. The first-order valence-electron chi connectivity index (χ1n) is 6.42. The largest absolute Gasteiger partial charge is 0.292 e. The van der Waals surface area contributed by atoms with E-state index in [9.17, 15) is 9.59 Å². The number of nitrogens with zero attached hydrogens (tertiary/aromatic N) is 5. The maximum Gasteiger partial charge on any atom is 0.281 e. The third kappa shape index (κ3) is 2.22. The van der Waals surface area contributed by atoms with Crippen molar-refractivity contribution in [2.45, 2.75) is 13.5 Å². The highest BCUT2D eigenvalue weighted by atomic mass is 16.1. The van der Waals surface area contributed by atoms with E-state index in [1.807, 2.05) is 19.1 Å². The minimum atomic E-state index is -0.366. The molecule has 0 unspecified atom stereocenters. The van der Waals surface area contributed by atoms with Gasteiger partial charge in [-0.15, -0.1) is 5.10 Å². The molecule has 1 aromatic carbocycles. The fourth-order valence-electron chi connectivity index (χ4n) is 2.19. The number of Topliss-reactive ketones (excluding diaryl/α,β-unsaturated/α-hetero) is 1. The molecule has 2 heterocycles. The van der Waals surface area contributed by atoms with Gasteiger partial charge in [-0.3, -0.25) is 9.59 Å². The second kappa shape index (κ2) is 4.93. The summed E-state index contributed by atoms with van der Waals surface area (Å²) in [7, 11) is 1.68. The van der Waals surface area contributed by atoms with Crippen LogP contribution in [-0.4, -0.2) is 30.6 Å². The molecule has 7 heteroatoms. The van der Waals surface area contributed by atoms with Crippen molar-refractivity contribution in [3.8, 4) is 0 Å². The Hall–Kier alpha value is -2.83. The lowest BCUT2D eigenvalue weighted by molar-refractivity contribution is 0.0964. The van der Waals surface area contributed by atoms with Crippen LogP contribution >= 0.6 is 0 Å². The minimum Gasteiger partial charge on any atom is -0.292 e. The van der Waals surface area contributed by atoms with Crippen LogP contribution in [0, 0.1) is 6.92 Å². The number of rotatable bonds is 3. The predicted octanol–water partition coefficient (Wildman–Crippen LogP) is 0.716. The van der Waals surface area contributed by atoms with E-state index in [-0.39, 0.29) is 17.9 Å². The summed E-state index contributed by atoms with van der Waals surface area (Å²) in [6.07, 6.45) is 1.43. The van der Waals surface area contributed by atoms with E-state index in [1.165, 1.54) is 10.9 Å². The molecule has 0 saturated heterocycles. The third-order valence-electron chi connectivity index (χ3n) is 3.36. The smallest absolute Gasteiger partial charge is 0.281 e. The molecule has 0 radical (unpaired) electrons. The molecule has 21 heavy (non-hydrogen) atoms. The average molecular weight is 283 g/mol. The first-order valence-corrected chi connectivity index (χ1v) is 6.42. The fraction of sp³-hybridized carbons (Fsp3) is 0.214. The quantitative estimate of drug-likeness (QED) is 0.661. The highest BCUT2D eigenvalue weighted by Crippen LogP contribution is 2.09. The summed E-state index contributed by atoms with van der Waals surface area (Å²) in [4.78, 5) is 24.5. The van der Waals surface area contributed by atoms with E-state index in [0.29, 0.717) is 16.6 Å². The van der Waals surface area contributed by atoms with Gasteiger partial charge in [0.1, 0.15) is 11.9 Å². The van der Waals surface area contributed by atoms with Crippen LogP contribution in [0.3, 0.4) is 0 Å². The van der Waals surface area contributed by atoms with E-state index in [1.54, 1.807) is 19.2 Å². The van der Waals surface area contributed by atoms with Gasteiger partial charge >= 0.3 is 0 Å². The zero-order valence-corrected chi connectivity index (χ0v) is 11.6. The molecule has 7 nitrogen and oxygen atoms in total. The maximum atomic E-state index is 12.3. The summed E-state index contributed by atoms with van der Waals surface area (Å²) >= 11 is 0. The Labute approximate surface area is 119 Å². The summed E-state index contributed by atoms with van der Waals surface area (Å²) in [6, 6.07) is 7.24. The Morgan fingerprint density at radius 2 is 2.05 bits per heavy atom. The van der Waals surface area contributed by atoms with Crippen molar-refractivity contribution in [1.29, 1.82) is 0 Å². The first-order chi connectivity index (χ1) is 10.1. The number of hydrogen-bond donors (Lipinski definition) is 0. The molecule has 0 N–H and O–H groups in total. The van der Waals surface area contributed by atoms with Gasteiger partial charge in [-0.25, -0.2) is 9.36 Å². The molecule has 0 fully saturated rings. The van der Waals surface area contributed by atoms with Crippen LogP contribution in [-0.2, 0) is 13.6 Å². The topological polar surface area (TPSA) is 82.7 Å². The molecule has 0 amide bonds. The van der Waals surface area contributed by atoms with E-state index in [0.717, 1.165) is 10.2 Å². The van der Waals surface area contributed by atoms with E-state index in [2.05, 4.69) is 15.4 Å². The Morgan fingerprint density at radius 3 is 2.81 bits per heavy atom. The minimum absolute atomic E-state index is 0.137. The molecule has 0 aliphatic carbocycles. The van der Waals surface area contributed by atoms with Gasteiger partial charge in [0.2, 0.25) is 0 Å². The lowest BCUT2D eigenvalue weighted by Gasteiger charge is -2.05. The van der Waals surface area contributed by atoms with E-state index in [4.69, 9.17) is 0 Å². The Balaban J connectivity index is 1.99. The fourth-order valence-corrected chi connectivity index (χ4v) is 2.19. The number of aryl methyl sites for hydroxylation is 2. The van der Waals surface area contributed by atoms with Crippen LogP contribution in [0.1, 0.15) is 15.9 Å². The van der Waals surface area contributed by atoms with Crippen molar-refractivity contribution in [2.75, 3.05) is 0 Å². The summed E-state index contributed by atoms with van der Waals surface area (Å²) < 4.78 is 2.54.